The number of hydrogen-bond donors (Lipinski definition) is 2. The normalized spacial score (nSPS) is 13.5. The van der Waals surface area contributed by atoms with Gasteiger partial charge in [0.25, 0.3) is 0 Å². The molecule has 62 valence electrons. The van der Waals surface area contributed by atoms with Crippen LogP contribution in [0.15, 0.2) is 0 Å². The van der Waals surface area contributed by atoms with Crippen LogP contribution in [0.4, 0.5) is 0 Å². The summed E-state index contributed by atoms with van der Waals surface area (Å²) in [5.41, 5.74) is 5.58. The SMILES string of the molecule is CCCNCCCC(C)N. The number of nitrogens with two attached hydrogens (primary N) is 1. The van der Waals surface area contributed by atoms with Crippen molar-refractivity contribution in [1.82, 2.24) is 5.32 Å². The Bertz CT molecular complexity index is 62.3. The summed E-state index contributed by atoms with van der Waals surface area (Å²) < 4.78 is 0. The van der Waals surface area contributed by atoms with Gasteiger partial charge < -0.3 is 11.1 Å². The summed E-state index contributed by atoms with van der Waals surface area (Å²) in [6.07, 6.45) is 3.56. The monoisotopic (exact) mass is 144 g/mol. The fourth-order valence-corrected chi connectivity index (χ4v) is 0.851. The van der Waals surface area contributed by atoms with E-state index in [0.29, 0.717) is 6.04 Å². The second-order valence-corrected chi connectivity index (χ2v) is 2.87. The zero-order valence-corrected chi connectivity index (χ0v) is 7.19. The zero-order valence-electron chi connectivity index (χ0n) is 7.19. The third kappa shape index (κ3) is 7.92. The smallest absolute Gasteiger partial charge is 0.00109 e. The minimum atomic E-state index is 0.364. The molecule has 0 heterocycles. The first-order chi connectivity index (χ1) is 4.77. The first kappa shape index (κ1) is 9.92. The molecule has 2 nitrogen and oxygen atoms in total. The summed E-state index contributed by atoms with van der Waals surface area (Å²) >= 11 is 0. The van der Waals surface area contributed by atoms with Crippen LogP contribution in [0.25, 0.3) is 0 Å². The summed E-state index contributed by atoms with van der Waals surface area (Å²) in [4.78, 5) is 0. The summed E-state index contributed by atoms with van der Waals surface area (Å²) in [6, 6.07) is 0.364. The molecule has 0 fully saturated rings. The van der Waals surface area contributed by atoms with Crippen LogP contribution in [0.1, 0.15) is 33.1 Å². The summed E-state index contributed by atoms with van der Waals surface area (Å²) in [5, 5.41) is 3.33. The third-order valence-corrected chi connectivity index (χ3v) is 1.44. The van der Waals surface area contributed by atoms with E-state index in [9.17, 15) is 0 Å². The fourth-order valence-electron chi connectivity index (χ4n) is 0.851. The quantitative estimate of drug-likeness (QED) is 0.548. The number of rotatable bonds is 6. The van der Waals surface area contributed by atoms with Crippen molar-refractivity contribution in [3.63, 3.8) is 0 Å². The van der Waals surface area contributed by atoms with Gasteiger partial charge in [0.2, 0.25) is 0 Å². The van der Waals surface area contributed by atoms with Gasteiger partial charge in [0.1, 0.15) is 0 Å². The van der Waals surface area contributed by atoms with Crippen molar-refractivity contribution >= 4 is 0 Å². The summed E-state index contributed by atoms with van der Waals surface area (Å²) in [6.45, 7) is 6.49. The van der Waals surface area contributed by atoms with Gasteiger partial charge in [-0.1, -0.05) is 6.92 Å². The second kappa shape index (κ2) is 7.03. The van der Waals surface area contributed by atoms with E-state index in [1.165, 1.54) is 12.8 Å². The highest BCUT2D eigenvalue weighted by Gasteiger charge is 1.91. The second-order valence-electron chi connectivity index (χ2n) is 2.87. The maximum Gasteiger partial charge on any atom is 0.00109 e. The number of hydrogen-bond acceptors (Lipinski definition) is 2. The fraction of sp³-hybridized carbons (Fsp3) is 1.00. The average Bonchev–Trinajstić information content (AvgIpc) is 1.87. The predicted molar refractivity (Wildman–Crippen MR) is 46.0 cm³/mol. The van der Waals surface area contributed by atoms with E-state index in [1.807, 2.05) is 0 Å². The van der Waals surface area contributed by atoms with Gasteiger partial charge in [0, 0.05) is 6.04 Å². The molecule has 2 heteroatoms. The predicted octanol–water partition coefficient (Wildman–Crippen LogP) is 1.11. The van der Waals surface area contributed by atoms with Gasteiger partial charge in [0.15, 0.2) is 0 Å². The first-order valence-electron chi connectivity index (χ1n) is 4.23. The molecule has 0 saturated heterocycles. The lowest BCUT2D eigenvalue weighted by atomic mass is 10.2. The Kier molecular flexibility index (Phi) is 6.98. The molecule has 0 bridgehead atoms. The van der Waals surface area contributed by atoms with Crippen LogP contribution >= 0.6 is 0 Å². The first-order valence-corrected chi connectivity index (χ1v) is 4.23. The van der Waals surface area contributed by atoms with Crippen LogP contribution in [0.5, 0.6) is 0 Å². The molecule has 0 spiro atoms. The topological polar surface area (TPSA) is 38.0 Å². The van der Waals surface area contributed by atoms with Crippen molar-refractivity contribution < 1.29 is 0 Å². The van der Waals surface area contributed by atoms with Gasteiger partial charge in [0.05, 0.1) is 0 Å². The molecule has 0 aliphatic rings. The van der Waals surface area contributed by atoms with Crippen molar-refractivity contribution in [2.24, 2.45) is 5.73 Å². The molecular weight excluding hydrogens is 124 g/mol. The Labute approximate surface area is 64.2 Å². The van der Waals surface area contributed by atoms with E-state index in [4.69, 9.17) is 5.73 Å². The molecule has 3 N–H and O–H groups in total. The van der Waals surface area contributed by atoms with Crippen molar-refractivity contribution in [2.75, 3.05) is 13.1 Å². The van der Waals surface area contributed by atoms with E-state index in [1.54, 1.807) is 0 Å². The molecule has 0 aromatic carbocycles. The van der Waals surface area contributed by atoms with Crippen LogP contribution in [0.3, 0.4) is 0 Å². The van der Waals surface area contributed by atoms with Crippen molar-refractivity contribution in [2.45, 2.75) is 39.2 Å². The van der Waals surface area contributed by atoms with E-state index in [0.717, 1.165) is 19.5 Å². The zero-order chi connectivity index (χ0) is 7.82. The van der Waals surface area contributed by atoms with Crippen molar-refractivity contribution in [3.05, 3.63) is 0 Å². The lowest BCUT2D eigenvalue weighted by Gasteiger charge is -2.04. The van der Waals surface area contributed by atoms with Crippen LogP contribution in [-0.2, 0) is 0 Å². The van der Waals surface area contributed by atoms with Gasteiger partial charge in [-0.2, -0.15) is 0 Å². The summed E-state index contributed by atoms with van der Waals surface area (Å²) in [5.74, 6) is 0. The van der Waals surface area contributed by atoms with Crippen molar-refractivity contribution in [1.29, 1.82) is 0 Å². The van der Waals surface area contributed by atoms with E-state index < -0.39 is 0 Å². The number of nitrogens with one attached hydrogen (secondary N) is 1. The highest BCUT2D eigenvalue weighted by molar-refractivity contribution is 4.54. The molecule has 0 aliphatic heterocycles. The summed E-state index contributed by atoms with van der Waals surface area (Å²) in [7, 11) is 0. The third-order valence-electron chi connectivity index (χ3n) is 1.44. The van der Waals surface area contributed by atoms with Gasteiger partial charge in [-0.25, -0.2) is 0 Å². The highest BCUT2D eigenvalue weighted by atomic mass is 14.8. The molecule has 1 unspecified atom stereocenters. The molecule has 0 aromatic rings. The minimum Gasteiger partial charge on any atom is -0.328 e. The Balaban J connectivity index is 2.77. The van der Waals surface area contributed by atoms with Gasteiger partial charge >= 0.3 is 0 Å². The lowest BCUT2D eigenvalue weighted by molar-refractivity contribution is 0.572. The van der Waals surface area contributed by atoms with Crippen LogP contribution in [-0.4, -0.2) is 19.1 Å². The van der Waals surface area contributed by atoms with Crippen LogP contribution in [0.2, 0.25) is 0 Å². The maximum atomic E-state index is 5.58. The standard InChI is InChI=1S/C8H20N2/c1-3-6-10-7-4-5-8(2)9/h8,10H,3-7,9H2,1-2H3. The lowest BCUT2D eigenvalue weighted by Crippen LogP contribution is -2.20. The van der Waals surface area contributed by atoms with Crippen molar-refractivity contribution in [3.8, 4) is 0 Å². The molecular formula is C8H20N2. The Morgan fingerprint density at radius 2 is 2.10 bits per heavy atom. The molecule has 0 aromatic heterocycles. The van der Waals surface area contributed by atoms with E-state index in [2.05, 4.69) is 19.2 Å². The molecule has 0 saturated carbocycles. The Morgan fingerprint density at radius 3 is 2.60 bits per heavy atom. The van der Waals surface area contributed by atoms with Gasteiger partial charge in [-0.3, -0.25) is 0 Å². The minimum absolute atomic E-state index is 0.364. The average molecular weight is 144 g/mol. The molecule has 0 aliphatic carbocycles. The Hall–Kier alpha value is -0.0800. The van der Waals surface area contributed by atoms with Gasteiger partial charge in [-0.15, -0.1) is 0 Å². The maximum absolute atomic E-state index is 5.58. The Morgan fingerprint density at radius 1 is 1.40 bits per heavy atom. The van der Waals surface area contributed by atoms with Gasteiger partial charge in [-0.05, 0) is 39.3 Å². The molecule has 0 rings (SSSR count). The largest absolute Gasteiger partial charge is 0.328 e. The molecule has 1 atom stereocenters. The van der Waals surface area contributed by atoms with E-state index in [-0.39, 0.29) is 0 Å². The molecule has 0 radical (unpaired) electrons. The van der Waals surface area contributed by atoms with E-state index >= 15 is 0 Å². The highest BCUT2D eigenvalue weighted by Crippen LogP contribution is 1.90. The molecule has 10 heavy (non-hydrogen) atoms. The molecule has 0 amide bonds. The van der Waals surface area contributed by atoms with Crippen LogP contribution in [0, 0.1) is 0 Å². The van der Waals surface area contributed by atoms with Crippen LogP contribution < -0.4 is 11.1 Å².